The summed E-state index contributed by atoms with van der Waals surface area (Å²) < 4.78 is 13.4. The third kappa shape index (κ3) is 3.76. The maximum atomic E-state index is 13.4. The first-order valence-corrected chi connectivity index (χ1v) is 6.00. The van der Waals surface area contributed by atoms with Crippen LogP contribution < -0.4 is 0 Å². The maximum absolute atomic E-state index is 13.4. The Hall–Kier alpha value is -0.980. The SMILES string of the molecule is O=C(O)Cc1ccc(F)c(C(O)C(O)CBr)c1. The van der Waals surface area contributed by atoms with Gasteiger partial charge in [0.05, 0.1) is 12.5 Å². The molecule has 0 aromatic heterocycles. The highest BCUT2D eigenvalue weighted by molar-refractivity contribution is 9.09. The number of halogens is 2. The highest BCUT2D eigenvalue weighted by atomic mass is 79.9. The van der Waals surface area contributed by atoms with E-state index in [1.165, 1.54) is 12.1 Å². The molecule has 1 aromatic rings. The molecule has 2 atom stereocenters. The van der Waals surface area contributed by atoms with Crippen molar-refractivity contribution in [3.8, 4) is 0 Å². The topological polar surface area (TPSA) is 77.8 Å². The number of hydrogen-bond acceptors (Lipinski definition) is 3. The molecule has 0 spiro atoms. The molecule has 0 bridgehead atoms. The van der Waals surface area contributed by atoms with Gasteiger partial charge in [-0.3, -0.25) is 4.79 Å². The molecule has 0 saturated heterocycles. The third-order valence-corrected chi connectivity index (χ3v) is 2.92. The highest BCUT2D eigenvalue weighted by Gasteiger charge is 2.21. The summed E-state index contributed by atoms with van der Waals surface area (Å²) >= 11 is 2.97. The fourth-order valence-electron chi connectivity index (χ4n) is 1.40. The summed E-state index contributed by atoms with van der Waals surface area (Å²) in [4.78, 5) is 10.5. The van der Waals surface area contributed by atoms with Gasteiger partial charge >= 0.3 is 5.97 Å². The zero-order valence-electron chi connectivity index (χ0n) is 8.81. The number of alkyl halides is 1. The van der Waals surface area contributed by atoms with E-state index in [4.69, 9.17) is 5.11 Å². The first kappa shape index (κ1) is 14.1. The van der Waals surface area contributed by atoms with Crippen LogP contribution in [-0.4, -0.2) is 32.7 Å². The fraction of sp³-hybridized carbons (Fsp3) is 0.364. The van der Waals surface area contributed by atoms with E-state index in [-0.39, 0.29) is 17.3 Å². The van der Waals surface area contributed by atoms with E-state index in [0.29, 0.717) is 5.56 Å². The van der Waals surface area contributed by atoms with Crippen molar-refractivity contribution in [1.29, 1.82) is 0 Å². The van der Waals surface area contributed by atoms with E-state index in [1.54, 1.807) is 0 Å². The number of rotatable bonds is 5. The Labute approximate surface area is 106 Å². The Morgan fingerprint density at radius 1 is 1.41 bits per heavy atom. The largest absolute Gasteiger partial charge is 0.481 e. The standard InChI is InChI=1S/C11H12BrFO4/c12-5-9(14)11(17)7-3-6(4-10(15)16)1-2-8(7)13/h1-3,9,11,14,17H,4-5H2,(H,15,16). The molecule has 6 heteroatoms. The van der Waals surface area contributed by atoms with Crippen molar-refractivity contribution in [3.05, 3.63) is 35.1 Å². The molecule has 1 rings (SSSR count). The van der Waals surface area contributed by atoms with Gasteiger partial charge in [0.1, 0.15) is 11.9 Å². The van der Waals surface area contributed by atoms with Crippen molar-refractivity contribution in [3.63, 3.8) is 0 Å². The number of aliphatic carboxylic acids is 1. The van der Waals surface area contributed by atoms with E-state index in [0.717, 1.165) is 6.07 Å². The van der Waals surface area contributed by atoms with E-state index in [2.05, 4.69) is 15.9 Å². The second-order valence-electron chi connectivity index (χ2n) is 3.59. The fourth-order valence-corrected chi connectivity index (χ4v) is 1.75. The molecule has 0 radical (unpaired) electrons. The Morgan fingerprint density at radius 2 is 2.06 bits per heavy atom. The van der Waals surface area contributed by atoms with Crippen molar-refractivity contribution in [2.45, 2.75) is 18.6 Å². The molecule has 0 amide bonds. The molecule has 4 nitrogen and oxygen atoms in total. The Kier molecular flexibility index (Phi) is 5.04. The summed E-state index contributed by atoms with van der Waals surface area (Å²) in [6, 6.07) is 3.66. The van der Waals surface area contributed by atoms with Crippen molar-refractivity contribution >= 4 is 21.9 Å². The predicted octanol–water partition coefficient (Wildman–Crippen LogP) is 1.24. The Bertz CT molecular complexity index is 410. The maximum Gasteiger partial charge on any atom is 0.307 e. The summed E-state index contributed by atoms with van der Waals surface area (Å²) in [7, 11) is 0. The first-order valence-electron chi connectivity index (χ1n) is 4.88. The minimum atomic E-state index is -1.39. The second-order valence-corrected chi connectivity index (χ2v) is 4.24. The quantitative estimate of drug-likeness (QED) is 0.715. The van der Waals surface area contributed by atoms with Gasteiger partial charge in [-0.15, -0.1) is 0 Å². The van der Waals surface area contributed by atoms with Crippen molar-refractivity contribution in [1.82, 2.24) is 0 Å². The predicted molar refractivity (Wildman–Crippen MR) is 62.5 cm³/mol. The van der Waals surface area contributed by atoms with E-state index in [9.17, 15) is 19.4 Å². The summed E-state index contributed by atoms with van der Waals surface area (Å²) in [5, 5.41) is 27.8. The van der Waals surface area contributed by atoms with E-state index >= 15 is 0 Å². The number of aliphatic hydroxyl groups excluding tert-OH is 2. The number of carbonyl (C=O) groups is 1. The lowest BCUT2D eigenvalue weighted by molar-refractivity contribution is -0.136. The molecule has 0 saturated carbocycles. The van der Waals surface area contributed by atoms with Crippen LogP contribution >= 0.6 is 15.9 Å². The zero-order valence-corrected chi connectivity index (χ0v) is 10.4. The molecule has 0 aliphatic rings. The Balaban J connectivity index is 3.01. The minimum absolute atomic E-state index is 0.0940. The number of hydrogen-bond donors (Lipinski definition) is 3. The zero-order chi connectivity index (χ0) is 13.0. The van der Waals surface area contributed by atoms with Crippen molar-refractivity contribution < 1.29 is 24.5 Å². The van der Waals surface area contributed by atoms with Gasteiger partial charge in [0.15, 0.2) is 0 Å². The van der Waals surface area contributed by atoms with Gasteiger partial charge in [-0.25, -0.2) is 4.39 Å². The molecule has 2 unspecified atom stereocenters. The molecule has 0 heterocycles. The third-order valence-electron chi connectivity index (χ3n) is 2.26. The summed E-state index contributed by atoms with van der Waals surface area (Å²) in [6.45, 7) is 0. The lowest BCUT2D eigenvalue weighted by Crippen LogP contribution is -2.20. The molecule has 17 heavy (non-hydrogen) atoms. The number of aliphatic hydroxyl groups is 2. The van der Waals surface area contributed by atoms with Crippen LogP contribution in [0, 0.1) is 5.82 Å². The number of carboxylic acids is 1. The summed E-state index contributed by atoms with van der Waals surface area (Å²) in [5.41, 5.74) is 0.269. The van der Waals surface area contributed by atoms with Crippen LogP contribution in [0.3, 0.4) is 0 Å². The van der Waals surface area contributed by atoms with Crippen LogP contribution in [0.25, 0.3) is 0 Å². The molecule has 3 N–H and O–H groups in total. The van der Waals surface area contributed by atoms with Crippen molar-refractivity contribution in [2.75, 3.05) is 5.33 Å². The van der Waals surface area contributed by atoms with Crippen LogP contribution in [0.1, 0.15) is 17.2 Å². The van der Waals surface area contributed by atoms with Crippen LogP contribution in [0.5, 0.6) is 0 Å². The first-order chi connectivity index (χ1) is 7.95. The van der Waals surface area contributed by atoms with Gasteiger partial charge < -0.3 is 15.3 Å². The van der Waals surface area contributed by atoms with Crippen molar-refractivity contribution in [2.24, 2.45) is 0 Å². The van der Waals surface area contributed by atoms with Gasteiger partial charge in [0.2, 0.25) is 0 Å². The van der Waals surface area contributed by atoms with Crippen LogP contribution in [0.2, 0.25) is 0 Å². The summed E-state index contributed by atoms with van der Waals surface area (Å²) in [5.74, 6) is -1.72. The number of benzene rings is 1. The molecular formula is C11H12BrFO4. The summed E-state index contributed by atoms with van der Waals surface area (Å²) in [6.07, 6.45) is -2.79. The van der Waals surface area contributed by atoms with Crippen LogP contribution in [-0.2, 0) is 11.2 Å². The Morgan fingerprint density at radius 3 is 2.59 bits per heavy atom. The van der Waals surface area contributed by atoms with Gasteiger partial charge in [0.25, 0.3) is 0 Å². The minimum Gasteiger partial charge on any atom is -0.481 e. The average molecular weight is 307 g/mol. The molecule has 94 valence electrons. The normalized spacial score (nSPS) is 14.4. The van der Waals surface area contributed by atoms with Gasteiger partial charge in [-0.05, 0) is 17.7 Å². The molecular weight excluding hydrogens is 295 g/mol. The smallest absolute Gasteiger partial charge is 0.307 e. The molecule has 1 aromatic carbocycles. The highest BCUT2D eigenvalue weighted by Crippen LogP contribution is 2.22. The van der Waals surface area contributed by atoms with Gasteiger partial charge in [-0.1, -0.05) is 22.0 Å². The average Bonchev–Trinajstić information content (AvgIpc) is 2.29. The lowest BCUT2D eigenvalue weighted by atomic mass is 10.0. The van der Waals surface area contributed by atoms with Gasteiger partial charge in [-0.2, -0.15) is 0 Å². The molecule has 0 aliphatic heterocycles. The molecule has 0 aliphatic carbocycles. The lowest BCUT2D eigenvalue weighted by Gasteiger charge is -2.17. The number of carboxylic acid groups (broad SMARTS) is 1. The van der Waals surface area contributed by atoms with E-state index < -0.39 is 24.0 Å². The van der Waals surface area contributed by atoms with Gasteiger partial charge in [0, 0.05) is 10.9 Å². The van der Waals surface area contributed by atoms with E-state index in [1.807, 2.05) is 0 Å². The monoisotopic (exact) mass is 306 g/mol. The second kappa shape index (κ2) is 6.09. The molecule has 0 fully saturated rings. The van der Waals surface area contributed by atoms with Crippen LogP contribution in [0.4, 0.5) is 4.39 Å². The van der Waals surface area contributed by atoms with Crippen LogP contribution in [0.15, 0.2) is 18.2 Å².